The Morgan fingerprint density at radius 1 is 1.10 bits per heavy atom. The van der Waals surface area contributed by atoms with Crippen LogP contribution in [0.15, 0.2) is 0 Å². The van der Waals surface area contributed by atoms with E-state index in [0.717, 1.165) is 25.9 Å². The van der Waals surface area contributed by atoms with Crippen molar-refractivity contribution in [1.82, 2.24) is 9.62 Å². The highest BCUT2D eigenvalue weighted by Gasteiger charge is 2.36. The molecule has 6 nitrogen and oxygen atoms in total. The summed E-state index contributed by atoms with van der Waals surface area (Å²) in [4.78, 5) is 0. The lowest BCUT2D eigenvalue weighted by Gasteiger charge is -2.32. The molecule has 0 atom stereocenters. The summed E-state index contributed by atoms with van der Waals surface area (Å²) >= 11 is 0. The van der Waals surface area contributed by atoms with E-state index >= 15 is 0 Å². The fourth-order valence-electron chi connectivity index (χ4n) is 3.14. The van der Waals surface area contributed by atoms with Gasteiger partial charge in [0.15, 0.2) is 0 Å². The molecule has 0 bridgehead atoms. The summed E-state index contributed by atoms with van der Waals surface area (Å²) in [5.41, 5.74) is 0. The molecule has 0 aromatic rings. The van der Waals surface area contributed by atoms with E-state index in [-0.39, 0.29) is 24.3 Å². The van der Waals surface area contributed by atoms with Gasteiger partial charge in [0.2, 0.25) is 10.0 Å². The lowest BCUT2D eigenvalue weighted by atomic mass is 9.98. The van der Waals surface area contributed by atoms with Crippen molar-refractivity contribution in [2.75, 3.05) is 37.7 Å². The summed E-state index contributed by atoms with van der Waals surface area (Å²) < 4.78 is 49.9. The average molecular weight is 338 g/mol. The minimum atomic E-state index is -3.38. The van der Waals surface area contributed by atoms with E-state index in [4.69, 9.17) is 0 Å². The van der Waals surface area contributed by atoms with E-state index < -0.39 is 25.1 Å². The van der Waals surface area contributed by atoms with Gasteiger partial charge >= 0.3 is 0 Å². The Kier molecular flexibility index (Phi) is 5.67. The highest BCUT2D eigenvalue weighted by molar-refractivity contribution is 7.92. The molecule has 0 saturated carbocycles. The van der Waals surface area contributed by atoms with Crippen molar-refractivity contribution in [1.29, 1.82) is 0 Å². The molecular weight excluding hydrogens is 312 g/mol. The standard InChI is InChI=1S/C13H26N2O4S2/c1-2-15(11-12-3-7-14-8-4-12)21(18,19)13-5-9-20(16,17)10-6-13/h12-14H,2-11H2,1H3. The Morgan fingerprint density at radius 3 is 2.19 bits per heavy atom. The van der Waals surface area contributed by atoms with Gasteiger partial charge in [-0.3, -0.25) is 0 Å². The SMILES string of the molecule is CCN(CC1CCNCC1)S(=O)(=O)C1CCS(=O)(=O)CC1. The fraction of sp³-hybridized carbons (Fsp3) is 1.00. The summed E-state index contributed by atoms with van der Waals surface area (Å²) in [6.45, 7) is 4.80. The van der Waals surface area contributed by atoms with Crippen LogP contribution in [0.3, 0.4) is 0 Å². The van der Waals surface area contributed by atoms with Crippen LogP contribution in [0, 0.1) is 5.92 Å². The topological polar surface area (TPSA) is 83.6 Å². The number of hydrogen-bond donors (Lipinski definition) is 1. The first kappa shape index (κ1) is 17.2. The second-order valence-corrected chi connectivity index (χ2v) is 10.6. The maximum absolute atomic E-state index is 12.7. The zero-order valence-electron chi connectivity index (χ0n) is 12.6. The van der Waals surface area contributed by atoms with E-state index in [9.17, 15) is 16.8 Å². The molecule has 0 aromatic carbocycles. The van der Waals surface area contributed by atoms with Gasteiger partial charge in [0, 0.05) is 13.1 Å². The molecule has 2 fully saturated rings. The minimum Gasteiger partial charge on any atom is -0.317 e. The Balaban J connectivity index is 2.01. The maximum atomic E-state index is 12.7. The molecule has 0 aliphatic carbocycles. The molecule has 2 aliphatic rings. The van der Waals surface area contributed by atoms with Gasteiger partial charge in [0.05, 0.1) is 16.8 Å². The maximum Gasteiger partial charge on any atom is 0.217 e. The van der Waals surface area contributed by atoms with Crippen LogP contribution in [0.1, 0.15) is 32.6 Å². The molecule has 2 rings (SSSR count). The lowest BCUT2D eigenvalue weighted by Crippen LogP contribution is -2.45. The highest BCUT2D eigenvalue weighted by Crippen LogP contribution is 2.24. The summed E-state index contributed by atoms with van der Waals surface area (Å²) in [5, 5.41) is 2.76. The third-order valence-corrected chi connectivity index (χ3v) is 8.71. The molecule has 8 heteroatoms. The number of hydrogen-bond acceptors (Lipinski definition) is 5. The van der Waals surface area contributed by atoms with Gasteiger partial charge in [-0.05, 0) is 44.7 Å². The molecule has 2 saturated heterocycles. The summed E-state index contributed by atoms with van der Waals surface area (Å²) in [6, 6.07) is 0. The van der Waals surface area contributed by atoms with Crippen molar-refractivity contribution in [3.05, 3.63) is 0 Å². The second-order valence-electron chi connectivity index (χ2n) is 6.04. The van der Waals surface area contributed by atoms with Crippen molar-refractivity contribution >= 4 is 19.9 Å². The number of nitrogens with one attached hydrogen (secondary N) is 1. The normalized spacial score (nSPS) is 25.2. The third-order valence-electron chi connectivity index (χ3n) is 4.56. The smallest absolute Gasteiger partial charge is 0.217 e. The molecule has 2 heterocycles. The first-order chi connectivity index (χ1) is 9.85. The summed E-state index contributed by atoms with van der Waals surface area (Å²) in [7, 11) is -6.40. The fourth-order valence-corrected chi connectivity index (χ4v) is 6.96. The van der Waals surface area contributed by atoms with Crippen molar-refractivity contribution in [2.45, 2.75) is 37.9 Å². The van der Waals surface area contributed by atoms with Crippen LogP contribution in [0.4, 0.5) is 0 Å². The number of sulfone groups is 1. The van der Waals surface area contributed by atoms with Crippen molar-refractivity contribution in [3.8, 4) is 0 Å². The third kappa shape index (κ3) is 4.40. The quantitative estimate of drug-likeness (QED) is 0.775. The number of sulfonamides is 1. The Bertz CT molecular complexity index is 525. The van der Waals surface area contributed by atoms with Gasteiger partial charge in [0.1, 0.15) is 9.84 Å². The van der Waals surface area contributed by atoms with Gasteiger partial charge < -0.3 is 5.32 Å². The predicted molar refractivity (Wildman–Crippen MR) is 83.4 cm³/mol. The predicted octanol–water partition coefficient (Wildman–Crippen LogP) is 0.215. The van der Waals surface area contributed by atoms with Gasteiger partial charge in [-0.25, -0.2) is 21.1 Å². The molecular formula is C13H26N2O4S2. The van der Waals surface area contributed by atoms with Gasteiger partial charge in [0.25, 0.3) is 0 Å². The van der Waals surface area contributed by atoms with Crippen LogP contribution in [-0.2, 0) is 19.9 Å². The first-order valence-corrected chi connectivity index (χ1v) is 11.1. The van der Waals surface area contributed by atoms with Gasteiger partial charge in [-0.2, -0.15) is 0 Å². The molecule has 0 spiro atoms. The van der Waals surface area contributed by atoms with Crippen LogP contribution in [0.5, 0.6) is 0 Å². The molecule has 0 amide bonds. The minimum absolute atomic E-state index is 0.00179. The van der Waals surface area contributed by atoms with E-state index in [1.807, 2.05) is 6.92 Å². The lowest BCUT2D eigenvalue weighted by molar-refractivity contribution is 0.291. The Morgan fingerprint density at radius 2 is 1.67 bits per heavy atom. The Hall–Kier alpha value is -0.180. The van der Waals surface area contributed by atoms with Crippen LogP contribution in [0.2, 0.25) is 0 Å². The molecule has 0 radical (unpaired) electrons. The molecule has 124 valence electrons. The van der Waals surface area contributed by atoms with E-state index in [2.05, 4.69) is 5.32 Å². The second kappa shape index (κ2) is 6.93. The molecule has 2 aliphatic heterocycles. The molecule has 21 heavy (non-hydrogen) atoms. The van der Waals surface area contributed by atoms with Crippen molar-refractivity contribution in [3.63, 3.8) is 0 Å². The summed E-state index contributed by atoms with van der Waals surface area (Å²) in [5.74, 6) is 0.414. The van der Waals surface area contributed by atoms with E-state index in [1.165, 1.54) is 0 Å². The van der Waals surface area contributed by atoms with Crippen LogP contribution in [0.25, 0.3) is 0 Å². The molecule has 1 N–H and O–H groups in total. The molecule has 0 unspecified atom stereocenters. The number of rotatable bonds is 5. The van der Waals surface area contributed by atoms with Gasteiger partial charge in [-0.15, -0.1) is 0 Å². The van der Waals surface area contributed by atoms with E-state index in [1.54, 1.807) is 4.31 Å². The highest BCUT2D eigenvalue weighted by atomic mass is 32.2. The number of nitrogens with zero attached hydrogens (tertiary/aromatic N) is 1. The monoisotopic (exact) mass is 338 g/mol. The Labute approximate surface area is 128 Å². The summed E-state index contributed by atoms with van der Waals surface area (Å²) in [6.07, 6.45) is 2.50. The van der Waals surface area contributed by atoms with Gasteiger partial charge in [-0.1, -0.05) is 6.92 Å². The average Bonchev–Trinajstić information content (AvgIpc) is 2.45. The zero-order chi connectivity index (χ0) is 15.5. The van der Waals surface area contributed by atoms with Crippen molar-refractivity contribution in [2.24, 2.45) is 5.92 Å². The van der Waals surface area contributed by atoms with Crippen LogP contribution in [-0.4, -0.2) is 64.1 Å². The van der Waals surface area contributed by atoms with Crippen LogP contribution < -0.4 is 5.32 Å². The van der Waals surface area contributed by atoms with E-state index in [0.29, 0.717) is 19.0 Å². The zero-order valence-corrected chi connectivity index (χ0v) is 14.3. The first-order valence-electron chi connectivity index (χ1n) is 7.75. The van der Waals surface area contributed by atoms with Crippen LogP contribution >= 0.6 is 0 Å². The van der Waals surface area contributed by atoms with Crippen molar-refractivity contribution < 1.29 is 16.8 Å². The molecule has 0 aromatic heterocycles. The largest absolute Gasteiger partial charge is 0.317 e. The number of piperidine rings is 1.